The summed E-state index contributed by atoms with van der Waals surface area (Å²) >= 11 is 3.38. The lowest BCUT2D eigenvalue weighted by molar-refractivity contribution is 0.266. The smallest absolute Gasteiger partial charge is 0.224 e. The number of aliphatic hydroxyl groups excluding tert-OH is 1. The number of hydrogen-bond donors (Lipinski definition) is 3. The fraction of sp³-hybridized carbons (Fsp3) is 0.600. The first-order valence-corrected chi connectivity index (χ1v) is 6.01. The van der Waals surface area contributed by atoms with E-state index in [2.05, 4.69) is 43.5 Å². The lowest BCUT2D eigenvalue weighted by Gasteiger charge is -2.13. The molecule has 5 nitrogen and oxygen atoms in total. The molecular weight excluding hydrogens is 272 g/mol. The Morgan fingerprint density at radius 3 is 2.94 bits per heavy atom. The Morgan fingerprint density at radius 2 is 2.31 bits per heavy atom. The number of halogens is 1. The third-order valence-electron chi connectivity index (χ3n) is 2.21. The van der Waals surface area contributed by atoms with Gasteiger partial charge in [0.1, 0.15) is 5.82 Å². The standard InChI is InChI=1S/C10H17BrN4O/c1-7(3-4-16)5-13-9-8(11)6-14-10(12-2)15-9/h6-7,16H,3-5H2,1-2H3,(H2,12,13,14,15). The molecule has 6 heteroatoms. The van der Waals surface area contributed by atoms with Crippen molar-refractivity contribution < 1.29 is 5.11 Å². The molecule has 0 aliphatic heterocycles. The van der Waals surface area contributed by atoms with E-state index in [1.54, 1.807) is 13.2 Å². The van der Waals surface area contributed by atoms with Gasteiger partial charge in [-0.05, 0) is 28.3 Å². The van der Waals surface area contributed by atoms with Gasteiger partial charge in [0.05, 0.1) is 4.47 Å². The predicted molar refractivity (Wildman–Crippen MR) is 68.6 cm³/mol. The summed E-state index contributed by atoms with van der Waals surface area (Å²) in [4.78, 5) is 8.35. The van der Waals surface area contributed by atoms with Gasteiger partial charge in [0.25, 0.3) is 0 Å². The minimum atomic E-state index is 0.218. The van der Waals surface area contributed by atoms with E-state index < -0.39 is 0 Å². The third kappa shape index (κ3) is 3.94. The number of anilines is 2. The summed E-state index contributed by atoms with van der Waals surface area (Å²) in [6, 6.07) is 0. The molecule has 1 unspecified atom stereocenters. The third-order valence-corrected chi connectivity index (χ3v) is 2.79. The lowest BCUT2D eigenvalue weighted by Crippen LogP contribution is -2.14. The fourth-order valence-corrected chi connectivity index (χ4v) is 1.54. The average molecular weight is 289 g/mol. The van der Waals surface area contributed by atoms with Crippen molar-refractivity contribution in [2.45, 2.75) is 13.3 Å². The maximum Gasteiger partial charge on any atom is 0.224 e. The van der Waals surface area contributed by atoms with Gasteiger partial charge in [0, 0.05) is 26.4 Å². The van der Waals surface area contributed by atoms with E-state index in [1.807, 2.05) is 0 Å². The minimum absolute atomic E-state index is 0.218. The molecule has 0 spiro atoms. The van der Waals surface area contributed by atoms with Crippen molar-refractivity contribution >= 4 is 27.7 Å². The summed E-state index contributed by atoms with van der Waals surface area (Å²) in [5, 5.41) is 14.9. The zero-order valence-corrected chi connectivity index (χ0v) is 11.1. The molecule has 0 saturated carbocycles. The van der Waals surface area contributed by atoms with Crippen LogP contribution < -0.4 is 10.6 Å². The van der Waals surface area contributed by atoms with Crippen LogP contribution in [0.5, 0.6) is 0 Å². The Bertz CT molecular complexity index is 335. The van der Waals surface area contributed by atoms with Gasteiger partial charge >= 0.3 is 0 Å². The van der Waals surface area contributed by atoms with Crippen molar-refractivity contribution in [3.05, 3.63) is 10.7 Å². The molecule has 1 aromatic rings. The van der Waals surface area contributed by atoms with Gasteiger partial charge in [-0.1, -0.05) is 6.92 Å². The Balaban J connectivity index is 2.58. The van der Waals surface area contributed by atoms with Crippen LogP contribution in [-0.2, 0) is 0 Å². The van der Waals surface area contributed by atoms with Crippen molar-refractivity contribution in [3.63, 3.8) is 0 Å². The number of aliphatic hydroxyl groups is 1. The predicted octanol–water partition coefficient (Wildman–Crippen LogP) is 1.71. The van der Waals surface area contributed by atoms with Gasteiger partial charge in [-0.3, -0.25) is 0 Å². The quantitative estimate of drug-likeness (QED) is 0.744. The number of rotatable bonds is 6. The van der Waals surface area contributed by atoms with E-state index >= 15 is 0 Å². The van der Waals surface area contributed by atoms with Crippen molar-refractivity contribution in [1.82, 2.24) is 9.97 Å². The summed E-state index contributed by atoms with van der Waals surface area (Å²) < 4.78 is 0.836. The summed E-state index contributed by atoms with van der Waals surface area (Å²) in [7, 11) is 1.78. The molecule has 1 atom stereocenters. The average Bonchev–Trinajstić information content (AvgIpc) is 2.28. The first-order chi connectivity index (χ1) is 7.67. The van der Waals surface area contributed by atoms with Gasteiger partial charge in [0.15, 0.2) is 0 Å². The largest absolute Gasteiger partial charge is 0.396 e. The Labute approximate surface area is 104 Å². The zero-order valence-electron chi connectivity index (χ0n) is 9.50. The molecule has 3 N–H and O–H groups in total. The van der Waals surface area contributed by atoms with Gasteiger partial charge < -0.3 is 15.7 Å². The second-order valence-electron chi connectivity index (χ2n) is 3.64. The van der Waals surface area contributed by atoms with Gasteiger partial charge in [-0.2, -0.15) is 4.98 Å². The number of aromatic nitrogens is 2. The summed E-state index contributed by atoms with van der Waals surface area (Å²) in [5.74, 6) is 1.76. The van der Waals surface area contributed by atoms with Crippen LogP contribution in [0.15, 0.2) is 10.7 Å². The number of hydrogen-bond acceptors (Lipinski definition) is 5. The number of nitrogens with one attached hydrogen (secondary N) is 2. The highest BCUT2D eigenvalue weighted by Gasteiger charge is 2.06. The topological polar surface area (TPSA) is 70.1 Å². The van der Waals surface area contributed by atoms with Gasteiger partial charge in [0.2, 0.25) is 5.95 Å². The van der Waals surface area contributed by atoms with Gasteiger partial charge in [-0.15, -0.1) is 0 Å². The van der Waals surface area contributed by atoms with Crippen LogP contribution in [-0.4, -0.2) is 35.3 Å². The summed E-state index contributed by atoms with van der Waals surface area (Å²) in [6.07, 6.45) is 2.49. The molecule has 1 rings (SSSR count). The van der Waals surface area contributed by atoms with Crippen LogP contribution in [0.3, 0.4) is 0 Å². The van der Waals surface area contributed by atoms with Gasteiger partial charge in [-0.25, -0.2) is 4.98 Å². The van der Waals surface area contributed by atoms with Crippen LogP contribution in [0.2, 0.25) is 0 Å². The first-order valence-electron chi connectivity index (χ1n) is 5.22. The van der Waals surface area contributed by atoms with Crippen LogP contribution in [0.25, 0.3) is 0 Å². The van der Waals surface area contributed by atoms with Crippen molar-refractivity contribution in [2.75, 3.05) is 30.8 Å². The van der Waals surface area contributed by atoms with E-state index in [1.165, 1.54) is 0 Å². The second-order valence-corrected chi connectivity index (χ2v) is 4.49. The highest BCUT2D eigenvalue weighted by atomic mass is 79.9. The molecule has 0 amide bonds. The van der Waals surface area contributed by atoms with E-state index in [0.717, 1.165) is 23.3 Å². The monoisotopic (exact) mass is 288 g/mol. The fourth-order valence-electron chi connectivity index (χ4n) is 1.20. The van der Waals surface area contributed by atoms with Crippen LogP contribution in [0.4, 0.5) is 11.8 Å². The SMILES string of the molecule is CNc1ncc(Br)c(NCC(C)CCO)n1. The Kier molecular flexibility index (Phi) is 5.48. The summed E-state index contributed by atoms with van der Waals surface area (Å²) in [6.45, 7) is 3.08. The molecule has 90 valence electrons. The molecule has 0 fully saturated rings. The van der Waals surface area contributed by atoms with Crippen LogP contribution >= 0.6 is 15.9 Å². The first kappa shape index (κ1) is 13.2. The molecule has 0 aliphatic rings. The minimum Gasteiger partial charge on any atom is -0.396 e. The van der Waals surface area contributed by atoms with E-state index in [-0.39, 0.29) is 6.61 Å². The molecule has 1 aromatic heterocycles. The molecule has 0 aliphatic carbocycles. The van der Waals surface area contributed by atoms with E-state index in [0.29, 0.717) is 11.9 Å². The Morgan fingerprint density at radius 1 is 1.56 bits per heavy atom. The highest BCUT2D eigenvalue weighted by molar-refractivity contribution is 9.10. The molecular formula is C10H17BrN4O. The maximum absolute atomic E-state index is 8.80. The van der Waals surface area contributed by atoms with Crippen molar-refractivity contribution in [3.8, 4) is 0 Å². The van der Waals surface area contributed by atoms with E-state index in [9.17, 15) is 0 Å². The van der Waals surface area contributed by atoms with Crippen LogP contribution in [0.1, 0.15) is 13.3 Å². The normalized spacial score (nSPS) is 12.2. The van der Waals surface area contributed by atoms with Crippen molar-refractivity contribution in [2.24, 2.45) is 5.92 Å². The lowest BCUT2D eigenvalue weighted by atomic mass is 10.1. The molecule has 1 heterocycles. The van der Waals surface area contributed by atoms with Crippen LogP contribution in [0, 0.1) is 5.92 Å². The summed E-state index contributed by atoms with van der Waals surface area (Å²) in [5.41, 5.74) is 0. The molecule has 0 bridgehead atoms. The molecule has 0 radical (unpaired) electrons. The number of nitrogens with zero attached hydrogens (tertiary/aromatic N) is 2. The zero-order chi connectivity index (χ0) is 12.0. The van der Waals surface area contributed by atoms with E-state index in [4.69, 9.17) is 5.11 Å². The Hall–Kier alpha value is -0.880. The maximum atomic E-state index is 8.80. The molecule has 0 aromatic carbocycles. The second kappa shape index (κ2) is 6.65. The molecule has 16 heavy (non-hydrogen) atoms. The van der Waals surface area contributed by atoms with Crippen molar-refractivity contribution in [1.29, 1.82) is 0 Å². The molecule has 0 saturated heterocycles. The highest BCUT2D eigenvalue weighted by Crippen LogP contribution is 2.20.